The van der Waals surface area contributed by atoms with Crippen LogP contribution in [0.1, 0.15) is 64.4 Å². The Morgan fingerprint density at radius 2 is 1.71 bits per heavy atom. The highest BCUT2D eigenvalue weighted by Crippen LogP contribution is 2.44. The molecule has 1 aliphatic rings. The average Bonchev–Trinajstić information content (AvgIpc) is 3.32. The standard InChI is InChI=1S/C27H23F4NO3/c1-2-16-6-8-17(9-7-16)15-35-25-24(13-20(14-32-25)27(29,30)31)23-5-3-4-22(23)18-10-19(26(33)34)12-21(28)11-18/h6-14H,2-5,15H2,1H3,(H,33,34)/p-1. The maximum Gasteiger partial charge on any atom is 0.417 e. The maximum absolute atomic E-state index is 14.1. The van der Waals surface area contributed by atoms with Gasteiger partial charge in [0.2, 0.25) is 5.88 Å². The Hall–Kier alpha value is -3.68. The zero-order valence-corrected chi connectivity index (χ0v) is 18.9. The van der Waals surface area contributed by atoms with E-state index in [1.807, 2.05) is 31.2 Å². The molecular formula is C27H22F4NO3-. The highest BCUT2D eigenvalue weighted by molar-refractivity contribution is 5.96. The van der Waals surface area contributed by atoms with Crippen LogP contribution in [0, 0.1) is 5.82 Å². The van der Waals surface area contributed by atoms with Crippen molar-refractivity contribution in [3.63, 3.8) is 0 Å². The van der Waals surface area contributed by atoms with Gasteiger partial charge in [-0.1, -0.05) is 31.2 Å². The summed E-state index contributed by atoms with van der Waals surface area (Å²) in [4.78, 5) is 15.3. The monoisotopic (exact) mass is 484 g/mol. The van der Waals surface area contributed by atoms with Gasteiger partial charge in [0.15, 0.2) is 0 Å². The number of alkyl halides is 3. The Labute approximate surface area is 199 Å². The minimum Gasteiger partial charge on any atom is -0.545 e. The fourth-order valence-corrected chi connectivity index (χ4v) is 4.20. The Bertz CT molecular complexity index is 1280. The molecule has 3 aromatic rings. The molecule has 4 rings (SSSR count). The molecule has 0 saturated heterocycles. The van der Waals surface area contributed by atoms with Gasteiger partial charge in [-0.05, 0) is 77.8 Å². The molecule has 1 heterocycles. The van der Waals surface area contributed by atoms with E-state index in [-0.39, 0.29) is 29.2 Å². The molecule has 0 radical (unpaired) electrons. The zero-order valence-electron chi connectivity index (χ0n) is 18.9. The Balaban J connectivity index is 1.77. The van der Waals surface area contributed by atoms with E-state index < -0.39 is 23.5 Å². The van der Waals surface area contributed by atoms with E-state index in [2.05, 4.69) is 4.98 Å². The van der Waals surface area contributed by atoms with E-state index in [9.17, 15) is 27.5 Å². The summed E-state index contributed by atoms with van der Waals surface area (Å²) in [7, 11) is 0. The minimum absolute atomic E-state index is 0.0310. The summed E-state index contributed by atoms with van der Waals surface area (Å²) in [5, 5.41) is 11.3. The number of aromatic nitrogens is 1. The van der Waals surface area contributed by atoms with Crippen molar-refractivity contribution in [3.8, 4) is 5.88 Å². The molecule has 0 fully saturated rings. The number of carbonyl (C=O) groups excluding carboxylic acids is 1. The van der Waals surface area contributed by atoms with Gasteiger partial charge in [-0.25, -0.2) is 9.37 Å². The van der Waals surface area contributed by atoms with Crippen molar-refractivity contribution in [2.45, 2.75) is 45.4 Å². The van der Waals surface area contributed by atoms with Gasteiger partial charge in [-0.2, -0.15) is 13.2 Å². The molecule has 0 atom stereocenters. The summed E-state index contributed by atoms with van der Waals surface area (Å²) in [5.41, 5.74) is 2.24. The number of carboxylic acid groups (broad SMARTS) is 1. The first-order chi connectivity index (χ1) is 16.7. The molecule has 0 N–H and O–H groups in total. The van der Waals surface area contributed by atoms with Gasteiger partial charge < -0.3 is 14.6 Å². The number of aryl methyl sites for hydroxylation is 1. The molecule has 8 heteroatoms. The Kier molecular flexibility index (Phi) is 6.91. The number of rotatable bonds is 7. The first kappa shape index (κ1) is 24.4. The second-order valence-corrected chi connectivity index (χ2v) is 8.36. The molecule has 0 unspecified atom stereocenters. The fourth-order valence-electron chi connectivity index (χ4n) is 4.20. The number of aromatic carboxylic acids is 1. The van der Waals surface area contributed by atoms with Crippen LogP contribution in [0.3, 0.4) is 0 Å². The molecule has 4 nitrogen and oxygen atoms in total. The third kappa shape index (κ3) is 5.53. The number of benzene rings is 2. The molecule has 2 aromatic carbocycles. The maximum atomic E-state index is 14.1. The van der Waals surface area contributed by atoms with Crippen molar-refractivity contribution >= 4 is 17.1 Å². The molecule has 0 amide bonds. The molecule has 1 aliphatic carbocycles. The van der Waals surface area contributed by atoms with E-state index >= 15 is 0 Å². The SMILES string of the molecule is CCc1ccc(COc2ncc(C(F)(F)F)cc2C2=C(c3cc(F)cc(C(=O)[O-])c3)CCC2)cc1. The van der Waals surface area contributed by atoms with Crippen LogP contribution in [-0.4, -0.2) is 11.0 Å². The zero-order chi connectivity index (χ0) is 25.2. The number of pyridine rings is 1. The molecule has 0 saturated carbocycles. The number of carbonyl (C=O) groups is 1. The van der Waals surface area contributed by atoms with Gasteiger partial charge in [0, 0.05) is 17.3 Å². The molecule has 35 heavy (non-hydrogen) atoms. The summed E-state index contributed by atoms with van der Waals surface area (Å²) >= 11 is 0. The normalized spacial score (nSPS) is 13.9. The predicted octanol–water partition coefficient (Wildman–Crippen LogP) is 5.84. The summed E-state index contributed by atoms with van der Waals surface area (Å²) < 4.78 is 60.5. The van der Waals surface area contributed by atoms with Crippen LogP contribution in [0.15, 0.2) is 54.7 Å². The van der Waals surface area contributed by atoms with Crippen LogP contribution < -0.4 is 9.84 Å². The number of hydrogen-bond donors (Lipinski definition) is 0. The van der Waals surface area contributed by atoms with E-state index in [0.29, 0.717) is 30.4 Å². The molecule has 0 spiro atoms. The van der Waals surface area contributed by atoms with E-state index in [1.165, 1.54) is 12.1 Å². The lowest BCUT2D eigenvalue weighted by molar-refractivity contribution is -0.255. The molecule has 182 valence electrons. The van der Waals surface area contributed by atoms with Crippen LogP contribution in [0.4, 0.5) is 17.6 Å². The van der Waals surface area contributed by atoms with Crippen LogP contribution >= 0.6 is 0 Å². The van der Waals surface area contributed by atoms with Gasteiger partial charge in [-0.3, -0.25) is 0 Å². The first-order valence-electron chi connectivity index (χ1n) is 11.2. The van der Waals surface area contributed by atoms with Gasteiger partial charge in [0.1, 0.15) is 12.4 Å². The lowest BCUT2D eigenvalue weighted by Gasteiger charge is -2.17. The van der Waals surface area contributed by atoms with Crippen LogP contribution in [0.2, 0.25) is 0 Å². The van der Waals surface area contributed by atoms with E-state index in [0.717, 1.165) is 35.9 Å². The largest absolute Gasteiger partial charge is 0.545 e. The first-order valence-corrected chi connectivity index (χ1v) is 11.2. The van der Waals surface area contributed by atoms with E-state index in [1.54, 1.807) is 0 Å². The van der Waals surface area contributed by atoms with E-state index in [4.69, 9.17) is 4.74 Å². The quantitative estimate of drug-likeness (QED) is 0.396. The second-order valence-electron chi connectivity index (χ2n) is 8.36. The number of nitrogens with zero attached hydrogens (tertiary/aromatic N) is 1. The predicted molar refractivity (Wildman–Crippen MR) is 121 cm³/mol. The molecule has 1 aromatic heterocycles. The number of carboxylic acids is 1. The van der Waals surface area contributed by atoms with Crippen molar-refractivity contribution < 1.29 is 32.2 Å². The number of allylic oxidation sites excluding steroid dienone is 2. The van der Waals surface area contributed by atoms with Crippen molar-refractivity contribution in [2.24, 2.45) is 0 Å². The average molecular weight is 484 g/mol. The highest BCUT2D eigenvalue weighted by Gasteiger charge is 2.33. The van der Waals surface area contributed by atoms with Gasteiger partial charge >= 0.3 is 6.18 Å². The summed E-state index contributed by atoms with van der Waals surface area (Å²) in [6, 6.07) is 12.0. The molecule has 0 bridgehead atoms. The fraction of sp³-hybridized carbons (Fsp3) is 0.259. The van der Waals surface area contributed by atoms with Crippen molar-refractivity contribution in [3.05, 3.63) is 93.9 Å². The third-order valence-electron chi connectivity index (χ3n) is 6.01. The van der Waals surface area contributed by atoms with Crippen molar-refractivity contribution in [2.75, 3.05) is 0 Å². The van der Waals surface area contributed by atoms with Gasteiger partial charge in [0.05, 0.1) is 11.5 Å². The summed E-state index contributed by atoms with van der Waals surface area (Å²) in [6.45, 7) is 2.14. The van der Waals surface area contributed by atoms with Crippen LogP contribution in [0.5, 0.6) is 5.88 Å². The van der Waals surface area contributed by atoms with Crippen LogP contribution in [0.25, 0.3) is 11.1 Å². The summed E-state index contributed by atoms with van der Waals surface area (Å²) in [6.07, 6.45) is -1.55. The number of halogens is 4. The topological polar surface area (TPSA) is 62.2 Å². The lowest BCUT2D eigenvalue weighted by Crippen LogP contribution is -2.22. The van der Waals surface area contributed by atoms with Gasteiger partial charge in [0.25, 0.3) is 0 Å². The summed E-state index contributed by atoms with van der Waals surface area (Å²) in [5.74, 6) is -2.28. The van der Waals surface area contributed by atoms with Gasteiger partial charge in [-0.15, -0.1) is 0 Å². The molecular weight excluding hydrogens is 462 g/mol. The lowest BCUT2D eigenvalue weighted by atomic mass is 9.95. The van der Waals surface area contributed by atoms with Crippen LogP contribution in [-0.2, 0) is 19.2 Å². The van der Waals surface area contributed by atoms with Crippen molar-refractivity contribution in [1.82, 2.24) is 4.98 Å². The van der Waals surface area contributed by atoms with Crippen molar-refractivity contribution in [1.29, 1.82) is 0 Å². The highest BCUT2D eigenvalue weighted by atomic mass is 19.4. The Morgan fingerprint density at radius 1 is 1.03 bits per heavy atom. The number of hydrogen-bond acceptors (Lipinski definition) is 4. The Morgan fingerprint density at radius 3 is 2.37 bits per heavy atom. The molecule has 0 aliphatic heterocycles. The minimum atomic E-state index is -4.61. The smallest absolute Gasteiger partial charge is 0.417 e. The second kappa shape index (κ2) is 9.90. The number of ether oxygens (including phenoxy) is 1. The third-order valence-corrected chi connectivity index (χ3v) is 6.01.